The summed E-state index contributed by atoms with van der Waals surface area (Å²) < 4.78 is 22.2. The van der Waals surface area contributed by atoms with E-state index in [1.807, 2.05) is 0 Å². The highest BCUT2D eigenvalue weighted by molar-refractivity contribution is 5.70. The van der Waals surface area contributed by atoms with Crippen molar-refractivity contribution in [3.8, 4) is 0 Å². The average molecular weight is 901 g/mol. The van der Waals surface area contributed by atoms with Crippen LogP contribution in [-0.2, 0) is 28.5 Å². The van der Waals surface area contributed by atoms with E-state index in [9.17, 15) is 30.0 Å². The summed E-state index contributed by atoms with van der Waals surface area (Å²) in [6.07, 6.45) is 49.0. The third kappa shape index (κ3) is 34.5. The van der Waals surface area contributed by atoms with Crippen molar-refractivity contribution in [1.82, 2.24) is 0 Å². The number of rotatable bonds is 42. The van der Waals surface area contributed by atoms with Gasteiger partial charge >= 0.3 is 11.9 Å². The first-order valence-corrected chi connectivity index (χ1v) is 25.5. The summed E-state index contributed by atoms with van der Waals surface area (Å²) in [6.45, 7) is 3.29. The van der Waals surface area contributed by atoms with Crippen molar-refractivity contribution < 1.29 is 49.0 Å². The van der Waals surface area contributed by atoms with E-state index >= 15 is 0 Å². The number of carbonyl (C=O) groups excluding carboxylic acids is 2. The first-order valence-electron chi connectivity index (χ1n) is 25.5. The number of esters is 2. The van der Waals surface area contributed by atoms with Gasteiger partial charge in [-0.25, -0.2) is 0 Å². The molecular formula is C54H92O10. The Labute approximate surface area is 389 Å². The molecule has 1 rings (SSSR count). The molecular weight excluding hydrogens is 809 g/mol. The van der Waals surface area contributed by atoms with E-state index in [1.165, 1.54) is 77.0 Å². The maximum absolute atomic E-state index is 12.8. The Morgan fingerprint density at radius 3 is 1.39 bits per heavy atom. The lowest BCUT2D eigenvalue weighted by Crippen LogP contribution is -2.59. The zero-order valence-electron chi connectivity index (χ0n) is 40.3. The van der Waals surface area contributed by atoms with Crippen LogP contribution in [0.1, 0.15) is 200 Å². The zero-order valence-corrected chi connectivity index (χ0v) is 40.3. The first-order chi connectivity index (χ1) is 31.3. The second-order valence-corrected chi connectivity index (χ2v) is 17.2. The van der Waals surface area contributed by atoms with Crippen molar-refractivity contribution in [3.05, 3.63) is 72.9 Å². The van der Waals surface area contributed by atoms with Crippen LogP contribution in [0.2, 0.25) is 0 Å². The van der Waals surface area contributed by atoms with Gasteiger partial charge in [-0.15, -0.1) is 0 Å². The molecule has 10 nitrogen and oxygen atoms in total. The minimum atomic E-state index is -1.60. The van der Waals surface area contributed by atoms with E-state index in [0.29, 0.717) is 12.8 Å². The number of hydrogen-bond acceptors (Lipinski definition) is 10. The summed E-state index contributed by atoms with van der Waals surface area (Å²) in [5.74, 6) is -0.826. The molecule has 10 heteroatoms. The molecule has 0 aromatic carbocycles. The van der Waals surface area contributed by atoms with E-state index < -0.39 is 49.4 Å². The van der Waals surface area contributed by atoms with Crippen molar-refractivity contribution in [3.63, 3.8) is 0 Å². The molecule has 1 saturated heterocycles. The van der Waals surface area contributed by atoms with Gasteiger partial charge in [-0.1, -0.05) is 177 Å². The topological polar surface area (TPSA) is 152 Å². The number of ether oxygens (including phenoxy) is 4. The number of aliphatic hydroxyl groups is 4. The standard InChI is InChI=1S/C54H92O10/c1-3-5-7-9-11-13-15-17-19-21-23-24-25-27-29-31-33-35-37-39-41-43-50(57)63-47(46-62-54-53(60)52(59)51(58)48(44-55)64-54)45-61-49(56)42-40-38-36-34-32-30-28-26-22-20-18-16-14-12-10-8-6-4-2/h5,7,11,13-14,16-17,19-20,22-24,47-48,51-55,58-60H,3-4,6,8-10,12,15,18,21,25-46H2,1-2H3/b7-5-,13-11-,16-14-,19-17-,22-20-,24-23-. The van der Waals surface area contributed by atoms with Crippen LogP contribution in [0.3, 0.4) is 0 Å². The molecule has 6 unspecified atom stereocenters. The van der Waals surface area contributed by atoms with Crippen LogP contribution < -0.4 is 0 Å². The quantitative estimate of drug-likeness (QED) is 0.0265. The minimum absolute atomic E-state index is 0.215. The Balaban J connectivity index is 2.28. The second-order valence-electron chi connectivity index (χ2n) is 17.2. The fourth-order valence-electron chi connectivity index (χ4n) is 7.33. The van der Waals surface area contributed by atoms with E-state index in [2.05, 4.69) is 86.8 Å². The predicted molar refractivity (Wildman–Crippen MR) is 261 cm³/mol. The fraction of sp³-hybridized carbons (Fsp3) is 0.741. The summed E-state index contributed by atoms with van der Waals surface area (Å²) in [4.78, 5) is 25.5. The lowest BCUT2D eigenvalue weighted by atomic mass is 9.99. The number of aliphatic hydroxyl groups excluding tert-OH is 4. The van der Waals surface area contributed by atoms with Crippen LogP contribution in [-0.4, -0.2) is 89.0 Å². The van der Waals surface area contributed by atoms with Gasteiger partial charge in [0.1, 0.15) is 31.0 Å². The van der Waals surface area contributed by atoms with Crippen molar-refractivity contribution >= 4 is 11.9 Å². The van der Waals surface area contributed by atoms with Crippen LogP contribution in [0.4, 0.5) is 0 Å². The Bertz CT molecular complexity index is 1270. The van der Waals surface area contributed by atoms with Crippen LogP contribution in [0.5, 0.6) is 0 Å². The Morgan fingerprint density at radius 1 is 0.500 bits per heavy atom. The largest absolute Gasteiger partial charge is 0.462 e. The van der Waals surface area contributed by atoms with Gasteiger partial charge < -0.3 is 39.4 Å². The van der Waals surface area contributed by atoms with Gasteiger partial charge in [0.15, 0.2) is 12.4 Å². The third-order valence-electron chi connectivity index (χ3n) is 11.3. The Kier molecular flexibility index (Phi) is 40.7. The second kappa shape index (κ2) is 44.0. The van der Waals surface area contributed by atoms with Crippen LogP contribution in [0, 0.1) is 0 Å². The van der Waals surface area contributed by atoms with E-state index in [4.69, 9.17) is 18.9 Å². The number of carbonyl (C=O) groups is 2. The van der Waals surface area contributed by atoms with Crippen molar-refractivity contribution in [2.75, 3.05) is 19.8 Å². The molecule has 4 N–H and O–H groups in total. The number of hydrogen-bond donors (Lipinski definition) is 4. The molecule has 0 radical (unpaired) electrons. The van der Waals surface area contributed by atoms with Gasteiger partial charge in [0.2, 0.25) is 0 Å². The molecule has 1 aliphatic rings. The molecule has 0 saturated carbocycles. The molecule has 1 fully saturated rings. The average Bonchev–Trinajstić information content (AvgIpc) is 3.29. The van der Waals surface area contributed by atoms with Crippen molar-refractivity contribution in [2.24, 2.45) is 0 Å². The fourth-order valence-corrected chi connectivity index (χ4v) is 7.33. The van der Waals surface area contributed by atoms with Gasteiger partial charge in [-0.2, -0.15) is 0 Å². The normalized spacial score (nSPS) is 20.0. The summed E-state index contributed by atoms with van der Waals surface area (Å²) in [7, 11) is 0. The molecule has 6 atom stereocenters. The minimum Gasteiger partial charge on any atom is -0.462 e. The first kappa shape index (κ1) is 59.2. The molecule has 0 spiro atoms. The van der Waals surface area contributed by atoms with E-state index in [0.717, 1.165) is 83.5 Å². The lowest BCUT2D eigenvalue weighted by Gasteiger charge is -2.39. The van der Waals surface area contributed by atoms with E-state index in [-0.39, 0.29) is 32.0 Å². The van der Waals surface area contributed by atoms with Crippen LogP contribution in [0.25, 0.3) is 0 Å². The van der Waals surface area contributed by atoms with E-state index in [1.54, 1.807) is 0 Å². The monoisotopic (exact) mass is 901 g/mol. The molecule has 1 heterocycles. The molecule has 64 heavy (non-hydrogen) atoms. The molecule has 0 aromatic rings. The maximum atomic E-state index is 12.8. The molecule has 368 valence electrons. The lowest BCUT2D eigenvalue weighted by molar-refractivity contribution is -0.305. The SMILES string of the molecule is CC/C=C\C/C=C\C/C=C\C/C=C\CCCCCCCCCCC(=O)OC(COC(=O)CCCCCCCCC/C=C\C/C=C\CCCCCC)COC1OC(CO)C(O)C(O)C1O. The molecule has 0 aromatic heterocycles. The van der Waals surface area contributed by atoms with Gasteiger partial charge in [0.05, 0.1) is 13.2 Å². The van der Waals surface area contributed by atoms with Crippen molar-refractivity contribution in [1.29, 1.82) is 0 Å². The summed E-state index contributed by atoms with van der Waals surface area (Å²) in [5.41, 5.74) is 0. The predicted octanol–water partition coefficient (Wildman–Crippen LogP) is 11.9. The smallest absolute Gasteiger partial charge is 0.306 e. The van der Waals surface area contributed by atoms with Crippen LogP contribution >= 0.6 is 0 Å². The number of allylic oxidation sites excluding steroid dienone is 12. The molecule has 0 amide bonds. The summed E-state index contributed by atoms with van der Waals surface area (Å²) in [6, 6.07) is 0. The molecule has 0 bridgehead atoms. The third-order valence-corrected chi connectivity index (χ3v) is 11.3. The van der Waals surface area contributed by atoms with Gasteiger partial charge in [-0.3, -0.25) is 9.59 Å². The van der Waals surface area contributed by atoms with Gasteiger partial charge in [0, 0.05) is 12.8 Å². The number of unbranched alkanes of at least 4 members (excludes halogenated alkanes) is 19. The highest BCUT2D eigenvalue weighted by atomic mass is 16.7. The Hall–Kier alpha value is -2.86. The van der Waals surface area contributed by atoms with Gasteiger partial charge in [0.25, 0.3) is 0 Å². The highest BCUT2D eigenvalue weighted by Gasteiger charge is 2.44. The summed E-state index contributed by atoms with van der Waals surface area (Å²) in [5, 5.41) is 40.2. The molecule has 0 aliphatic carbocycles. The highest BCUT2D eigenvalue weighted by Crippen LogP contribution is 2.23. The summed E-state index contributed by atoms with van der Waals surface area (Å²) >= 11 is 0. The van der Waals surface area contributed by atoms with Crippen LogP contribution in [0.15, 0.2) is 72.9 Å². The zero-order chi connectivity index (χ0) is 46.6. The maximum Gasteiger partial charge on any atom is 0.306 e. The Morgan fingerprint density at radius 2 is 0.922 bits per heavy atom. The van der Waals surface area contributed by atoms with Gasteiger partial charge in [-0.05, 0) is 83.5 Å². The molecule has 1 aliphatic heterocycles. The van der Waals surface area contributed by atoms with Crippen molar-refractivity contribution in [2.45, 2.75) is 237 Å².